The van der Waals surface area contributed by atoms with Gasteiger partial charge in [0.1, 0.15) is 5.75 Å². The van der Waals surface area contributed by atoms with Crippen LogP contribution in [0.2, 0.25) is 5.02 Å². The number of hydrogen-bond acceptors (Lipinski definition) is 2. The van der Waals surface area contributed by atoms with Crippen molar-refractivity contribution in [3.63, 3.8) is 0 Å². The van der Waals surface area contributed by atoms with Crippen molar-refractivity contribution < 1.29 is 5.11 Å². The van der Waals surface area contributed by atoms with Gasteiger partial charge in [0, 0.05) is 10.7 Å². The molecule has 18 heavy (non-hydrogen) atoms. The van der Waals surface area contributed by atoms with Crippen molar-refractivity contribution in [3.05, 3.63) is 58.6 Å². The van der Waals surface area contributed by atoms with Crippen molar-refractivity contribution in [3.8, 4) is 5.75 Å². The van der Waals surface area contributed by atoms with Gasteiger partial charge in [-0.1, -0.05) is 23.7 Å². The second-order valence-electron chi connectivity index (χ2n) is 4.59. The number of fused-ring (bicyclic) bond motifs is 1. The Labute approximate surface area is 111 Å². The molecule has 3 heteroatoms. The highest BCUT2D eigenvalue weighted by atomic mass is 35.5. The number of nitrogens with one attached hydrogen (secondary N) is 1. The first-order chi connectivity index (χ1) is 8.74. The average Bonchev–Trinajstić information content (AvgIpc) is 2.77. The summed E-state index contributed by atoms with van der Waals surface area (Å²) in [5.74, 6) is 0.410. The van der Waals surface area contributed by atoms with E-state index in [2.05, 4.69) is 11.4 Å². The molecule has 0 saturated carbocycles. The van der Waals surface area contributed by atoms with Crippen LogP contribution in [0.25, 0.3) is 0 Å². The molecule has 1 aliphatic rings. The standard InChI is InChI=1S/C15H14ClNO/c16-10-4-6-11(7-5-10)17-14-9-8-13-12(14)2-1-3-15(13)18/h1-7,14,17-18H,8-9H2. The predicted molar refractivity (Wildman–Crippen MR) is 74.2 cm³/mol. The molecular formula is C15H14ClNO. The molecule has 0 aromatic heterocycles. The molecule has 0 heterocycles. The minimum Gasteiger partial charge on any atom is -0.508 e. The summed E-state index contributed by atoms with van der Waals surface area (Å²) in [7, 11) is 0. The lowest BCUT2D eigenvalue weighted by atomic mass is 10.1. The first kappa shape index (κ1) is 11.4. The van der Waals surface area contributed by atoms with Crippen LogP contribution in [-0.4, -0.2) is 5.11 Å². The van der Waals surface area contributed by atoms with Gasteiger partial charge in [0.15, 0.2) is 0 Å². The minimum absolute atomic E-state index is 0.272. The molecule has 0 fully saturated rings. The van der Waals surface area contributed by atoms with Crippen molar-refractivity contribution in [2.45, 2.75) is 18.9 Å². The minimum atomic E-state index is 0.272. The third kappa shape index (κ3) is 2.04. The molecule has 1 unspecified atom stereocenters. The highest BCUT2D eigenvalue weighted by Crippen LogP contribution is 2.38. The third-order valence-electron chi connectivity index (χ3n) is 3.43. The zero-order valence-electron chi connectivity index (χ0n) is 9.86. The third-order valence-corrected chi connectivity index (χ3v) is 3.68. The molecule has 92 valence electrons. The van der Waals surface area contributed by atoms with Crippen LogP contribution < -0.4 is 5.32 Å². The number of phenols is 1. The molecule has 0 bridgehead atoms. The van der Waals surface area contributed by atoms with Gasteiger partial charge in [0.2, 0.25) is 0 Å². The largest absolute Gasteiger partial charge is 0.508 e. The summed E-state index contributed by atoms with van der Waals surface area (Å²) >= 11 is 5.87. The van der Waals surface area contributed by atoms with E-state index in [1.807, 2.05) is 30.3 Å². The first-order valence-electron chi connectivity index (χ1n) is 6.07. The van der Waals surface area contributed by atoms with E-state index in [4.69, 9.17) is 11.6 Å². The zero-order valence-corrected chi connectivity index (χ0v) is 10.6. The van der Waals surface area contributed by atoms with Crippen molar-refractivity contribution in [1.82, 2.24) is 0 Å². The van der Waals surface area contributed by atoms with E-state index in [1.165, 1.54) is 5.56 Å². The predicted octanol–water partition coefficient (Wildman–Crippen LogP) is 4.15. The molecule has 0 spiro atoms. The Morgan fingerprint density at radius 3 is 2.67 bits per heavy atom. The number of halogens is 1. The fourth-order valence-corrected chi connectivity index (χ4v) is 2.66. The SMILES string of the molecule is Oc1cccc2c1CCC2Nc1ccc(Cl)cc1. The van der Waals surface area contributed by atoms with Gasteiger partial charge in [0.25, 0.3) is 0 Å². The molecule has 0 radical (unpaired) electrons. The van der Waals surface area contributed by atoms with Crippen molar-refractivity contribution >= 4 is 17.3 Å². The molecular weight excluding hydrogens is 246 g/mol. The summed E-state index contributed by atoms with van der Waals surface area (Å²) in [5.41, 5.74) is 3.33. The molecule has 0 amide bonds. The summed E-state index contributed by atoms with van der Waals surface area (Å²) in [4.78, 5) is 0. The summed E-state index contributed by atoms with van der Waals surface area (Å²) in [6.45, 7) is 0. The van der Waals surface area contributed by atoms with Gasteiger partial charge in [-0.25, -0.2) is 0 Å². The number of hydrogen-bond donors (Lipinski definition) is 2. The van der Waals surface area contributed by atoms with Gasteiger partial charge in [-0.3, -0.25) is 0 Å². The Morgan fingerprint density at radius 2 is 1.89 bits per heavy atom. The van der Waals surface area contributed by atoms with Crippen molar-refractivity contribution in [1.29, 1.82) is 0 Å². The molecule has 0 saturated heterocycles. The fourth-order valence-electron chi connectivity index (χ4n) is 2.53. The van der Waals surface area contributed by atoms with Gasteiger partial charge in [0.05, 0.1) is 6.04 Å². The number of rotatable bonds is 2. The van der Waals surface area contributed by atoms with E-state index in [-0.39, 0.29) is 6.04 Å². The van der Waals surface area contributed by atoms with E-state index in [1.54, 1.807) is 6.07 Å². The quantitative estimate of drug-likeness (QED) is 0.849. The fraction of sp³-hybridized carbons (Fsp3) is 0.200. The maximum atomic E-state index is 9.81. The molecule has 1 atom stereocenters. The molecule has 0 aliphatic heterocycles. The topological polar surface area (TPSA) is 32.3 Å². The average molecular weight is 260 g/mol. The van der Waals surface area contributed by atoms with Crippen molar-refractivity contribution in [2.24, 2.45) is 0 Å². The highest BCUT2D eigenvalue weighted by Gasteiger charge is 2.24. The van der Waals surface area contributed by atoms with E-state index >= 15 is 0 Å². The number of phenolic OH excluding ortho intramolecular Hbond substituents is 1. The molecule has 2 aromatic rings. The molecule has 2 N–H and O–H groups in total. The monoisotopic (exact) mass is 259 g/mol. The number of anilines is 1. The van der Waals surface area contributed by atoms with Crippen LogP contribution >= 0.6 is 11.6 Å². The van der Waals surface area contributed by atoms with Gasteiger partial charge in [-0.05, 0) is 54.3 Å². The molecule has 3 rings (SSSR count). The van der Waals surface area contributed by atoms with Crippen LogP contribution in [0.5, 0.6) is 5.75 Å². The lowest BCUT2D eigenvalue weighted by Gasteiger charge is -2.15. The number of aromatic hydroxyl groups is 1. The van der Waals surface area contributed by atoms with Crippen LogP contribution in [0.3, 0.4) is 0 Å². The highest BCUT2D eigenvalue weighted by molar-refractivity contribution is 6.30. The van der Waals surface area contributed by atoms with Gasteiger partial charge < -0.3 is 10.4 Å². The zero-order chi connectivity index (χ0) is 12.5. The Balaban J connectivity index is 1.85. The normalized spacial score (nSPS) is 17.5. The Hall–Kier alpha value is -1.67. The lowest BCUT2D eigenvalue weighted by Crippen LogP contribution is -2.06. The van der Waals surface area contributed by atoms with E-state index in [0.717, 1.165) is 29.1 Å². The van der Waals surface area contributed by atoms with Crippen LogP contribution in [-0.2, 0) is 6.42 Å². The maximum Gasteiger partial charge on any atom is 0.119 e. The Morgan fingerprint density at radius 1 is 1.11 bits per heavy atom. The summed E-state index contributed by atoms with van der Waals surface area (Å²) in [5, 5.41) is 14.0. The smallest absolute Gasteiger partial charge is 0.119 e. The molecule has 1 aliphatic carbocycles. The van der Waals surface area contributed by atoms with Crippen LogP contribution in [0.15, 0.2) is 42.5 Å². The van der Waals surface area contributed by atoms with Crippen LogP contribution in [0.1, 0.15) is 23.6 Å². The number of benzene rings is 2. The molecule has 2 nitrogen and oxygen atoms in total. The van der Waals surface area contributed by atoms with Gasteiger partial charge in [-0.2, -0.15) is 0 Å². The van der Waals surface area contributed by atoms with E-state index < -0.39 is 0 Å². The molecule has 2 aromatic carbocycles. The second kappa shape index (κ2) is 4.54. The van der Waals surface area contributed by atoms with Crippen molar-refractivity contribution in [2.75, 3.05) is 5.32 Å². The summed E-state index contributed by atoms with van der Waals surface area (Å²) < 4.78 is 0. The van der Waals surface area contributed by atoms with Crippen LogP contribution in [0, 0.1) is 0 Å². The first-order valence-corrected chi connectivity index (χ1v) is 6.45. The summed E-state index contributed by atoms with van der Waals surface area (Å²) in [6.07, 6.45) is 1.93. The van der Waals surface area contributed by atoms with E-state index in [9.17, 15) is 5.11 Å². The Bertz CT molecular complexity index is 565. The summed E-state index contributed by atoms with van der Waals surface area (Å²) in [6, 6.07) is 13.7. The van der Waals surface area contributed by atoms with Gasteiger partial charge in [-0.15, -0.1) is 0 Å². The van der Waals surface area contributed by atoms with Crippen LogP contribution in [0.4, 0.5) is 5.69 Å². The Kier molecular flexibility index (Phi) is 2.88. The van der Waals surface area contributed by atoms with Gasteiger partial charge >= 0.3 is 0 Å². The van der Waals surface area contributed by atoms with E-state index in [0.29, 0.717) is 5.75 Å². The maximum absolute atomic E-state index is 9.81. The second-order valence-corrected chi connectivity index (χ2v) is 5.02. The lowest BCUT2D eigenvalue weighted by molar-refractivity contribution is 0.469.